The van der Waals surface area contributed by atoms with E-state index < -0.39 is 65.9 Å². The van der Waals surface area contributed by atoms with Crippen LogP contribution in [0.4, 0.5) is 87.9 Å². The number of halogens is 21. The molecule has 1 unspecified atom stereocenters. The molecular weight excluding hydrogens is 580 g/mol. The lowest BCUT2D eigenvalue weighted by Gasteiger charge is -2.43. The molecule has 0 spiro atoms. The van der Waals surface area contributed by atoms with Crippen molar-refractivity contribution in [1.82, 2.24) is 0 Å². The second-order valence-electron chi connectivity index (χ2n) is 5.74. The molecule has 23 heteroatoms. The number of hydrogen-bond acceptors (Lipinski definition) is 2. The fourth-order valence-electron chi connectivity index (χ4n) is 1.70. The molecule has 0 saturated heterocycles. The van der Waals surface area contributed by atoms with Gasteiger partial charge in [0.15, 0.2) is 0 Å². The lowest BCUT2D eigenvalue weighted by molar-refractivity contribution is -0.454. The first-order valence-electron chi connectivity index (χ1n) is 6.86. The molecule has 0 amide bonds. The summed E-state index contributed by atoms with van der Waals surface area (Å²) in [5.41, 5.74) is 0. The van der Waals surface area contributed by atoms with Crippen molar-refractivity contribution in [2.45, 2.75) is 60.0 Å². The van der Waals surface area contributed by atoms with Crippen LogP contribution in [0.3, 0.4) is 0 Å². The van der Waals surface area contributed by atoms with Gasteiger partial charge in [-0.15, -0.1) is 12.4 Å². The molecule has 0 rings (SSSR count). The Morgan fingerprint density at radius 1 is 0.529 bits per heavy atom. The van der Waals surface area contributed by atoms with E-state index in [1.165, 1.54) is 4.94 Å². The van der Waals surface area contributed by atoms with Crippen LogP contribution in [0.15, 0.2) is 0 Å². The molecule has 206 valence electrons. The predicted octanol–water partition coefficient (Wildman–Crippen LogP) is 6.52. The molecule has 0 fully saturated rings. The maximum atomic E-state index is 13.3. The Bertz CT molecular complexity index is 732. The molecule has 0 aliphatic rings. The third kappa shape index (κ3) is 4.16. The summed E-state index contributed by atoms with van der Waals surface area (Å²) in [4.78, 5) is 11.4. The molecule has 0 aromatic rings. The van der Waals surface area contributed by atoms with Gasteiger partial charge < -0.3 is 0 Å². The fraction of sp³-hybridized carbons (Fsp3) is 0.909. The normalized spacial score (nSPS) is 16.3. The maximum absolute atomic E-state index is 13.3. The van der Waals surface area contributed by atoms with Crippen molar-refractivity contribution in [2.75, 3.05) is 0 Å². The average molecular weight is 583 g/mol. The number of rotatable bonds is 10. The molecular formula is C11H3ClF20O2. The molecule has 1 atom stereocenters. The van der Waals surface area contributed by atoms with E-state index in [1.807, 2.05) is 0 Å². The third-order valence-corrected chi connectivity index (χ3v) is 3.68. The number of carbonyl (C=O) groups is 1. The molecule has 34 heavy (non-hydrogen) atoms. The Kier molecular flexibility index (Phi) is 9.24. The van der Waals surface area contributed by atoms with Crippen LogP contribution in [-0.4, -0.2) is 65.9 Å². The minimum absolute atomic E-state index is 0. The lowest BCUT2D eigenvalue weighted by atomic mass is 9.87. The zero-order valence-electron chi connectivity index (χ0n) is 14.4. The van der Waals surface area contributed by atoms with E-state index in [2.05, 4.69) is 0 Å². The zero-order chi connectivity index (χ0) is 27.4. The van der Waals surface area contributed by atoms with Crippen LogP contribution in [-0.2, 0) is 9.74 Å². The van der Waals surface area contributed by atoms with Crippen molar-refractivity contribution in [3.8, 4) is 0 Å². The molecule has 0 aliphatic heterocycles. The second kappa shape index (κ2) is 9.10. The third-order valence-electron chi connectivity index (χ3n) is 3.68. The van der Waals surface area contributed by atoms with E-state index in [1.54, 1.807) is 0 Å². The minimum Gasteiger partial charge on any atom is -0.248 e. The van der Waals surface area contributed by atoms with Crippen molar-refractivity contribution in [3.63, 3.8) is 0 Å². The van der Waals surface area contributed by atoms with E-state index in [-0.39, 0.29) is 12.4 Å². The van der Waals surface area contributed by atoms with Gasteiger partial charge in [-0.3, -0.25) is 0 Å². The SMILES string of the molecule is Cl.O=C(OF)C(F)(F)C(F)(F)C(F)(F)C(F)(F)C(F)(F)C(F)(F)C(F)(F)C(F)(F)C(F)C(F)F. The lowest BCUT2D eigenvalue weighted by Crippen LogP contribution is -2.76. The van der Waals surface area contributed by atoms with Crippen LogP contribution < -0.4 is 0 Å². The van der Waals surface area contributed by atoms with Crippen LogP contribution in [0.2, 0.25) is 0 Å². The summed E-state index contributed by atoms with van der Waals surface area (Å²) in [6, 6.07) is 0. The molecule has 0 saturated carbocycles. The smallest absolute Gasteiger partial charge is 0.248 e. The second-order valence-corrected chi connectivity index (χ2v) is 5.74. The van der Waals surface area contributed by atoms with Crippen LogP contribution >= 0.6 is 12.4 Å². The Morgan fingerprint density at radius 3 is 1.06 bits per heavy atom. The van der Waals surface area contributed by atoms with E-state index in [0.717, 1.165) is 0 Å². The van der Waals surface area contributed by atoms with Crippen molar-refractivity contribution in [2.24, 2.45) is 0 Å². The van der Waals surface area contributed by atoms with Gasteiger partial charge >= 0.3 is 53.3 Å². The van der Waals surface area contributed by atoms with Gasteiger partial charge in [0.05, 0.1) is 0 Å². The Morgan fingerprint density at radius 2 is 0.794 bits per heavy atom. The molecule has 0 aliphatic carbocycles. The zero-order valence-corrected chi connectivity index (χ0v) is 15.3. The number of carbonyl (C=O) groups excluding carboxylic acids is 1. The van der Waals surface area contributed by atoms with Gasteiger partial charge in [-0.2, -0.15) is 70.2 Å². The highest BCUT2D eigenvalue weighted by Crippen LogP contribution is 2.64. The van der Waals surface area contributed by atoms with Gasteiger partial charge in [-0.1, -0.05) is 0 Å². The summed E-state index contributed by atoms with van der Waals surface area (Å²) in [5.74, 6) is -72.6. The summed E-state index contributed by atoms with van der Waals surface area (Å²) >= 11 is 0. The summed E-state index contributed by atoms with van der Waals surface area (Å²) in [7, 11) is 0. The van der Waals surface area contributed by atoms with Crippen molar-refractivity contribution in [3.05, 3.63) is 0 Å². The quantitative estimate of drug-likeness (QED) is 0.274. The summed E-state index contributed by atoms with van der Waals surface area (Å²) < 4.78 is 257. The van der Waals surface area contributed by atoms with Gasteiger partial charge in [0, 0.05) is 4.53 Å². The van der Waals surface area contributed by atoms with Gasteiger partial charge in [0.2, 0.25) is 6.17 Å². The van der Waals surface area contributed by atoms with Crippen LogP contribution in [0.25, 0.3) is 0 Å². The summed E-state index contributed by atoms with van der Waals surface area (Å²) in [6.07, 6.45) is -11.3. The highest BCUT2D eigenvalue weighted by molar-refractivity contribution is 5.85. The molecule has 0 aromatic carbocycles. The number of alkyl halides is 19. The molecule has 0 heterocycles. The highest BCUT2D eigenvalue weighted by Gasteiger charge is 2.96. The monoisotopic (exact) mass is 582 g/mol. The first kappa shape index (κ1) is 34.5. The van der Waals surface area contributed by atoms with Crippen molar-refractivity contribution in [1.29, 1.82) is 0 Å². The van der Waals surface area contributed by atoms with Gasteiger partial charge in [0.1, 0.15) is 0 Å². The summed E-state index contributed by atoms with van der Waals surface area (Å²) in [6.45, 7) is 0. The van der Waals surface area contributed by atoms with E-state index in [9.17, 15) is 92.7 Å². The first-order valence-corrected chi connectivity index (χ1v) is 6.86. The Labute approximate surface area is 177 Å². The van der Waals surface area contributed by atoms with Gasteiger partial charge in [0.25, 0.3) is 6.43 Å². The van der Waals surface area contributed by atoms with Crippen molar-refractivity contribution < 1.29 is 97.7 Å². The molecule has 0 radical (unpaired) electrons. The van der Waals surface area contributed by atoms with Crippen LogP contribution in [0, 0.1) is 0 Å². The van der Waals surface area contributed by atoms with Gasteiger partial charge in [-0.05, 0) is 0 Å². The topological polar surface area (TPSA) is 26.3 Å². The summed E-state index contributed by atoms with van der Waals surface area (Å²) in [5, 5.41) is 0. The average Bonchev–Trinajstić information content (AvgIpc) is 2.64. The maximum Gasteiger partial charge on any atom is 0.424 e. The molecule has 0 N–H and O–H groups in total. The molecule has 2 nitrogen and oxygen atoms in total. The first-order chi connectivity index (χ1) is 14.1. The van der Waals surface area contributed by atoms with E-state index in [4.69, 9.17) is 0 Å². The minimum atomic E-state index is -9.02. The van der Waals surface area contributed by atoms with E-state index in [0.29, 0.717) is 0 Å². The van der Waals surface area contributed by atoms with Crippen molar-refractivity contribution >= 4 is 18.4 Å². The van der Waals surface area contributed by atoms with Crippen LogP contribution in [0.5, 0.6) is 0 Å². The molecule has 0 aromatic heterocycles. The van der Waals surface area contributed by atoms with Crippen LogP contribution in [0.1, 0.15) is 0 Å². The Hall–Kier alpha value is -1.64. The standard InChI is InChI=1S/C11H2F20O2.ClH/c12-1(2(13)14)4(15,16)6(19,20)8(23,24)10(27,28)11(29,30)9(25,26)7(21,22)5(17,18)3(32)33-31;/h1-2H;1H. The predicted molar refractivity (Wildman–Crippen MR) is 64.9 cm³/mol. The van der Waals surface area contributed by atoms with Gasteiger partial charge in [-0.25, -0.2) is 22.9 Å². The fourth-order valence-corrected chi connectivity index (χ4v) is 1.70. The Balaban J connectivity index is 0. The van der Waals surface area contributed by atoms with E-state index >= 15 is 0 Å². The largest absolute Gasteiger partial charge is 0.424 e. The number of hydrogen-bond donors (Lipinski definition) is 0. The molecule has 0 bridgehead atoms. The highest BCUT2D eigenvalue weighted by atomic mass is 35.5.